The highest BCUT2D eigenvalue weighted by atomic mass is 16.5. The summed E-state index contributed by atoms with van der Waals surface area (Å²) < 4.78 is 4.94. The van der Waals surface area contributed by atoms with Gasteiger partial charge in [-0.15, -0.1) is 0 Å². The Hall–Kier alpha value is -0.900. The topological polar surface area (TPSA) is 63.6 Å². The van der Waals surface area contributed by atoms with E-state index in [0.29, 0.717) is 19.4 Å². The number of hydrogen-bond donors (Lipinski definition) is 1. The summed E-state index contributed by atoms with van der Waals surface area (Å²) in [6.07, 6.45) is 1.14. The van der Waals surface area contributed by atoms with Crippen LogP contribution in [-0.4, -0.2) is 29.1 Å². The van der Waals surface area contributed by atoms with Crippen LogP contribution >= 0.6 is 0 Å². The van der Waals surface area contributed by atoms with Crippen molar-refractivity contribution in [3.63, 3.8) is 0 Å². The Morgan fingerprint density at radius 3 is 2.56 bits per heavy atom. The van der Waals surface area contributed by atoms with Gasteiger partial charge in [0.25, 0.3) is 0 Å². The highest BCUT2D eigenvalue weighted by Crippen LogP contribution is 2.40. The SMILES string of the molecule is CCOC(=O)[C@H]1C[C@@](O)(CC)C(=O)[C@@H]1CC. The summed E-state index contributed by atoms with van der Waals surface area (Å²) in [7, 11) is 0. The first-order chi connectivity index (χ1) is 7.50. The zero-order valence-electron chi connectivity index (χ0n) is 10.2. The van der Waals surface area contributed by atoms with Gasteiger partial charge >= 0.3 is 5.97 Å². The minimum atomic E-state index is -1.32. The minimum Gasteiger partial charge on any atom is -0.466 e. The second-order valence-corrected chi connectivity index (χ2v) is 4.33. The molecule has 0 aromatic heterocycles. The molecule has 0 spiro atoms. The van der Waals surface area contributed by atoms with Crippen molar-refractivity contribution < 1.29 is 19.4 Å². The molecule has 0 saturated heterocycles. The highest BCUT2D eigenvalue weighted by Gasteiger charge is 2.53. The molecule has 3 atom stereocenters. The predicted octanol–water partition coefficient (Wildman–Crippen LogP) is 1.31. The van der Waals surface area contributed by atoms with Gasteiger partial charge in [-0.25, -0.2) is 0 Å². The van der Waals surface area contributed by atoms with E-state index < -0.39 is 11.5 Å². The molecular weight excluding hydrogens is 208 g/mol. The zero-order chi connectivity index (χ0) is 12.3. The Kier molecular flexibility index (Phi) is 4.08. The Bertz CT molecular complexity index is 287. The van der Waals surface area contributed by atoms with Crippen LogP contribution in [0, 0.1) is 11.8 Å². The largest absolute Gasteiger partial charge is 0.466 e. The number of carbonyl (C=O) groups is 2. The number of rotatable bonds is 4. The lowest BCUT2D eigenvalue weighted by Gasteiger charge is -2.18. The molecule has 0 heterocycles. The summed E-state index contributed by atoms with van der Waals surface area (Å²) in [5.41, 5.74) is -1.32. The predicted molar refractivity (Wildman–Crippen MR) is 58.8 cm³/mol. The summed E-state index contributed by atoms with van der Waals surface area (Å²) in [6, 6.07) is 0. The van der Waals surface area contributed by atoms with Gasteiger partial charge in [-0.05, 0) is 26.2 Å². The number of hydrogen-bond acceptors (Lipinski definition) is 4. The maximum absolute atomic E-state index is 12.0. The number of aliphatic hydroxyl groups is 1. The Balaban J connectivity index is 2.87. The number of carbonyl (C=O) groups excluding carboxylic acids is 2. The van der Waals surface area contributed by atoms with Crippen LogP contribution in [0.3, 0.4) is 0 Å². The van der Waals surface area contributed by atoms with E-state index in [1.54, 1.807) is 13.8 Å². The van der Waals surface area contributed by atoms with Gasteiger partial charge in [0.1, 0.15) is 5.60 Å². The van der Waals surface area contributed by atoms with Crippen molar-refractivity contribution in [3.8, 4) is 0 Å². The fraction of sp³-hybridized carbons (Fsp3) is 0.833. The molecule has 0 aliphatic heterocycles. The van der Waals surface area contributed by atoms with E-state index in [1.165, 1.54) is 0 Å². The molecule has 0 aromatic carbocycles. The molecule has 1 saturated carbocycles. The summed E-state index contributed by atoms with van der Waals surface area (Å²) in [6.45, 7) is 5.67. The first-order valence-corrected chi connectivity index (χ1v) is 5.93. The fourth-order valence-corrected chi connectivity index (χ4v) is 2.42. The second kappa shape index (κ2) is 4.95. The molecule has 1 N–H and O–H groups in total. The smallest absolute Gasteiger partial charge is 0.309 e. The quantitative estimate of drug-likeness (QED) is 0.737. The molecule has 92 valence electrons. The number of ether oxygens (including phenoxy) is 1. The van der Waals surface area contributed by atoms with Crippen molar-refractivity contribution in [2.24, 2.45) is 11.8 Å². The number of esters is 1. The lowest BCUT2D eigenvalue weighted by atomic mass is 9.93. The Labute approximate surface area is 96.0 Å². The van der Waals surface area contributed by atoms with Crippen LogP contribution in [0.15, 0.2) is 0 Å². The number of ketones is 1. The molecule has 0 aromatic rings. The van der Waals surface area contributed by atoms with Crippen LogP contribution in [-0.2, 0) is 14.3 Å². The van der Waals surface area contributed by atoms with Gasteiger partial charge in [0.2, 0.25) is 0 Å². The van der Waals surface area contributed by atoms with Gasteiger partial charge in [0.05, 0.1) is 12.5 Å². The van der Waals surface area contributed by atoms with Crippen molar-refractivity contribution in [3.05, 3.63) is 0 Å². The minimum absolute atomic E-state index is 0.199. The standard InChI is InChI=1S/C12H20O4/c1-4-8-9(11(14)16-6-3)7-12(15,5-2)10(8)13/h8-9,15H,4-7H2,1-3H3/t8-,9+,12+/m1/s1. The lowest BCUT2D eigenvalue weighted by Crippen LogP contribution is -2.34. The first-order valence-electron chi connectivity index (χ1n) is 5.93. The molecule has 0 unspecified atom stereocenters. The van der Waals surface area contributed by atoms with Crippen LogP contribution in [0.2, 0.25) is 0 Å². The molecule has 1 aliphatic rings. The van der Waals surface area contributed by atoms with Crippen molar-refractivity contribution in [2.75, 3.05) is 6.61 Å². The maximum atomic E-state index is 12.0. The van der Waals surface area contributed by atoms with Crippen LogP contribution in [0.1, 0.15) is 40.0 Å². The zero-order valence-corrected chi connectivity index (χ0v) is 10.2. The summed E-state index contributed by atoms with van der Waals surface area (Å²) in [4.78, 5) is 23.6. The molecule has 0 amide bonds. The molecule has 1 fully saturated rings. The van der Waals surface area contributed by atoms with E-state index >= 15 is 0 Å². The van der Waals surface area contributed by atoms with Crippen LogP contribution < -0.4 is 0 Å². The van der Waals surface area contributed by atoms with Gasteiger partial charge < -0.3 is 9.84 Å². The molecule has 0 bridgehead atoms. The van der Waals surface area contributed by atoms with E-state index in [1.807, 2.05) is 6.92 Å². The Morgan fingerprint density at radius 1 is 1.50 bits per heavy atom. The molecule has 4 heteroatoms. The van der Waals surface area contributed by atoms with Gasteiger partial charge in [-0.3, -0.25) is 9.59 Å². The molecule has 4 nitrogen and oxygen atoms in total. The van der Waals surface area contributed by atoms with E-state index in [-0.39, 0.29) is 24.1 Å². The Morgan fingerprint density at radius 2 is 2.12 bits per heavy atom. The third-order valence-electron chi connectivity index (χ3n) is 3.45. The molecule has 1 rings (SSSR count). The third-order valence-corrected chi connectivity index (χ3v) is 3.45. The van der Waals surface area contributed by atoms with Crippen molar-refractivity contribution in [2.45, 2.75) is 45.6 Å². The van der Waals surface area contributed by atoms with Gasteiger partial charge in [-0.1, -0.05) is 13.8 Å². The molecule has 0 radical (unpaired) electrons. The van der Waals surface area contributed by atoms with Crippen LogP contribution in [0.25, 0.3) is 0 Å². The maximum Gasteiger partial charge on any atom is 0.309 e. The van der Waals surface area contributed by atoms with E-state index in [9.17, 15) is 14.7 Å². The van der Waals surface area contributed by atoms with Gasteiger partial charge in [0, 0.05) is 5.92 Å². The summed E-state index contributed by atoms with van der Waals surface area (Å²) in [5.74, 6) is -1.41. The summed E-state index contributed by atoms with van der Waals surface area (Å²) >= 11 is 0. The molecule has 1 aliphatic carbocycles. The van der Waals surface area contributed by atoms with Gasteiger partial charge in [-0.2, -0.15) is 0 Å². The fourth-order valence-electron chi connectivity index (χ4n) is 2.42. The van der Waals surface area contributed by atoms with Crippen LogP contribution in [0.4, 0.5) is 0 Å². The lowest BCUT2D eigenvalue weighted by molar-refractivity contribution is -0.150. The van der Waals surface area contributed by atoms with Gasteiger partial charge in [0.15, 0.2) is 5.78 Å². The van der Waals surface area contributed by atoms with Crippen molar-refractivity contribution in [1.82, 2.24) is 0 Å². The summed E-state index contributed by atoms with van der Waals surface area (Å²) in [5, 5.41) is 10.1. The van der Waals surface area contributed by atoms with Crippen LogP contribution in [0.5, 0.6) is 0 Å². The first kappa shape index (κ1) is 13.2. The normalized spacial score (nSPS) is 34.1. The van der Waals surface area contributed by atoms with Crippen molar-refractivity contribution in [1.29, 1.82) is 0 Å². The average Bonchev–Trinajstić information content (AvgIpc) is 2.53. The molecular formula is C12H20O4. The number of Topliss-reactive ketones (excluding diaryl/α,β-unsaturated/α-hetero) is 1. The molecule has 16 heavy (non-hydrogen) atoms. The monoisotopic (exact) mass is 228 g/mol. The van der Waals surface area contributed by atoms with E-state index in [4.69, 9.17) is 4.74 Å². The van der Waals surface area contributed by atoms with Crippen molar-refractivity contribution >= 4 is 11.8 Å². The third kappa shape index (κ3) is 2.12. The van der Waals surface area contributed by atoms with E-state index in [2.05, 4.69) is 0 Å². The highest BCUT2D eigenvalue weighted by molar-refractivity contribution is 5.96. The second-order valence-electron chi connectivity index (χ2n) is 4.33. The van der Waals surface area contributed by atoms with E-state index in [0.717, 1.165) is 0 Å². The average molecular weight is 228 g/mol.